The van der Waals surface area contributed by atoms with Crippen molar-refractivity contribution in [2.24, 2.45) is 0 Å². The lowest BCUT2D eigenvalue weighted by atomic mass is 10.2. The standard InChI is InChI=1S/C12H9F3N2O3/c13-12(14,15)6-19-11(18)17-9-3-1-8(2-4-9)10-5-16-7-20-10/h1-5,7H,6H2,(H,17,18). The summed E-state index contributed by atoms with van der Waals surface area (Å²) in [4.78, 5) is 14.9. The molecule has 1 aromatic carbocycles. The molecule has 0 saturated carbocycles. The minimum atomic E-state index is -4.55. The molecule has 0 aliphatic heterocycles. The van der Waals surface area contributed by atoms with E-state index in [1.807, 2.05) is 0 Å². The number of nitrogens with zero attached hydrogens (tertiary/aromatic N) is 1. The van der Waals surface area contributed by atoms with Gasteiger partial charge in [-0.15, -0.1) is 0 Å². The maximum absolute atomic E-state index is 11.8. The molecule has 5 nitrogen and oxygen atoms in total. The van der Waals surface area contributed by atoms with Crippen molar-refractivity contribution in [2.45, 2.75) is 6.18 Å². The van der Waals surface area contributed by atoms with Crippen LogP contribution in [-0.2, 0) is 4.74 Å². The zero-order valence-electron chi connectivity index (χ0n) is 9.98. The minimum Gasteiger partial charge on any atom is -0.444 e. The van der Waals surface area contributed by atoms with Gasteiger partial charge in [0.25, 0.3) is 0 Å². The van der Waals surface area contributed by atoms with Crippen molar-refractivity contribution in [3.63, 3.8) is 0 Å². The number of alkyl halides is 3. The third-order valence-electron chi connectivity index (χ3n) is 2.22. The van der Waals surface area contributed by atoms with E-state index in [2.05, 4.69) is 15.0 Å². The van der Waals surface area contributed by atoms with Gasteiger partial charge in [0.15, 0.2) is 18.8 Å². The van der Waals surface area contributed by atoms with Crippen LogP contribution in [0.2, 0.25) is 0 Å². The van der Waals surface area contributed by atoms with Gasteiger partial charge < -0.3 is 9.15 Å². The number of ether oxygens (including phenoxy) is 1. The fourth-order valence-electron chi connectivity index (χ4n) is 1.38. The summed E-state index contributed by atoms with van der Waals surface area (Å²) in [6, 6.07) is 6.26. The van der Waals surface area contributed by atoms with Gasteiger partial charge in [-0.25, -0.2) is 9.78 Å². The Morgan fingerprint density at radius 1 is 1.30 bits per heavy atom. The van der Waals surface area contributed by atoms with E-state index in [-0.39, 0.29) is 0 Å². The summed E-state index contributed by atoms with van der Waals surface area (Å²) in [6.07, 6.45) is -2.93. The van der Waals surface area contributed by atoms with Crippen LogP contribution in [0.15, 0.2) is 41.3 Å². The second-order valence-corrected chi connectivity index (χ2v) is 3.76. The SMILES string of the molecule is O=C(Nc1ccc(-c2cnco2)cc1)OCC(F)(F)F. The first-order valence-corrected chi connectivity index (χ1v) is 5.43. The van der Waals surface area contributed by atoms with Gasteiger partial charge in [0.2, 0.25) is 0 Å². The Morgan fingerprint density at radius 3 is 2.55 bits per heavy atom. The summed E-state index contributed by atoms with van der Waals surface area (Å²) < 4.78 is 44.6. The number of anilines is 1. The second kappa shape index (κ2) is 5.64. The normalized spacial score (nSPS) is 11.2. The van der Waals surface area contributed by atoms with Gasteiger partial charge in [-0.3, -0.25) is 5.32 Å². The smallest absolute Gasteiger partial charge is 0.422 e. The lowest BCUT2D eigenvalue weighted by Crippen LogP contribution is -2.23. The Labute approximate surface area is 111 Å². The molecule has 1 N–H and O–H groups in total. The third-order valence-corrected chi connectivity index (χ3v) is 2.22. The van der Waals surface area contributed by atoms with Crippen molar-refractivity contribution in [3.05, 3.63) is 36.9 Å². The van der Waals surface area contributed by atoms with Crippen LogP contribution in [0.5, 0.6) is 0 Å². The summed E-state index contributed by atoms with van der Waals surface area (Å²) in [7, 11) is 0. The molecule has 0 unspecified atom stereocenters. The number of nitrogens with one attached hydrogen (secondary N) is 1. The number of oxazole rings is 1. The van der Waals surface area contributed by atoms with E-state index in [9.17, 15) is 18.0 Å². The number of aromatic nitrogens is 1. The van der Waals surface area contributed by atoms with Crippen molar-refractivity contribution in [1.29, 1.82) is 0 Å². The van der Waals surface area contributed by atoms with E-state index in [1.165, 1.54) is 24.7 Å². The molecule has 20 heavy (non-hydrogen) atoms. The Balaban J connectivity index is 1.92. The van der Waals surface area contributed by atoms with Gasteiger partial charge in [-0.1, -0.05) is 0 Å². The van der Waals surface area contributed by atoms with E-state index in [0.717, 1.165) is 5.56 Å². The predicted molar refractivity (Wildman–Crippen MR) is 63.0 cm³/mol. The van der Waals surface area contributed by atoms with Crippen molar-refractivity contribution < 1.29 is 27.1 Å². The lowest BCUT2D eigenvalue weighted by Gasteiger charge is -2.09. The van der Waals surface area contributed by atoms with E-state index < -0.39 is 18.9 Å². The summed E-state index contributed by atoms with van der Waals surface area (Å²) >= 11 is 0. The fraction of sp³-hybridized carbons (Fsp3) is 0.167. The molecule has 1 aromatic heterocycles. The minimum absolute atomic E-state index is 0.306. The van der Waals surface area contributed by atoms with Crippen LogP contribution in [0.4, 0.5) is 23.7 Å². The Morgan fingerprint density at radius 2 is 2.00 bits per heavy atom. The fourth-order valence-corrected chi connectivity index (χ4v) is 1.38. The van der Waals surface area contributed by atoms with Crippen LogP contribution in [0.3, 0.4) is 0 Å². The van der Waals surface area contributed by atoms with Gasteiger partial charge in [-0.05, 0) is 24.3 Å². The molecule has 0 spiro atoms. The average molecular weight is 286 g/mol. The van der Waals surface area contributed by atoms with Gasteiger partial charge in [0.1, 0.15) is 0 Å². The van der Waals surface area contributed by atoms with E-state index >= 15 is 0 Å². The van der Waals surface area contributed by atoms with E-state index in [4.69, 9.17) is 4.42 Å². The maximum Gasteiger partial charge on any atom is 0.422 e. The summed E-state index contributed by atoms with van der Waals surface area (Å²) in [6.45, 7) is -1.63. The van der Waals surface area contributed by atoms with Gasteiger partial charge in [0, 0.05) is 11.3 Å². The molecular weight excluding hydrogens is 277 g/mol. The predicted octanol–water partition coefficient (Wildman–Crippen LogP) is 3.45. The molecule has 0 bridgehead atoms. The number of halogens is 3. The third kappa shape index (κ3) is 4.01. The largest absolute Gasteiger partial charge is 0.444 e. The highest BCUT2D eigenvalue weighted by Gasteiger charge is 2.29. The molecule has 1 heterocycles. The zero-order chi connectivity index (χ0) is 14.6. The number of carbonyl (C=O) groups is 1. The molecule has 1 amide bonds. The summed E-state index contributed by atoms with van der Waals surface area (Å²) in [5.74, 6) is 0.538. The Hall–Kier alpha value is -2.51. The van der Waals surface area contributed by atoms with Crippen molar-refractivity contribution >= 4 is 11.8 Å². The number of benzene rings is 1. The van der Waals surface area contributed by atoms with E-state index in [0.29, 0.717) is 11.4 Å². The second-order valence-electron chi connectivity index (χ2n) is 3.76. The first kappa shape index (κ1) is 13.9. The molecule has 0 radical (unpaired) electrons. The van der Waals surface area contributed by atoms with Crippen molar-refractivity contribution in [2.75, 3.05) is 11.9 Å². The van der Waals surface area contributed by atoms with Gasteiger partial charge in [-0.2, -0.15) is 13.2 Å². The number of rotatable bonds is 3. The highest BCUT2D eigenvalue weighted by atomic mass is 19.4. The highest BCUT2D eigenvalue weighted by molar-refractivity contribution is 5.85. The molecular formula is C12H9F3N2O3. The van der Waals surface area contributed by atoms with Crippen LogP contribution in [0, 0.1) is 0 Å². The van der Waals surface area contributed by atoms with Crippen LogP contribution in [-0.4, -0.2) is 23.9 Å². The Bertz CT molecular complexity index is 565. The molecule has 8 heteroatoms. The van der Waals surface area contributed by atoms with Gasteiger partial charge >= 0.3 is 12.3 Å². The molecule has 0 aliphatic carbocycles. The molecule has 0 aliphatic rings. The average Bonchev–Trinajstić information content (AvgIpc) is 2.90. The zero-order valence-corrected chi connectivity index (χ0v) is 9.98. The number of carbonyl (C=O) groups excluding carboxylic acids is 1. The maximum atomic E-state index is 11.8. The Kier molecular flexibility index (Phi) is 3.92. The number of hydrogen-bond acceptors (Lipinski definition) is 4. The molecule has 106 valence electrons. The monoisotopic (exact) mass is 286 g/mol. The molecule has 0 saturated heterocycles. The van der Waals surface area contributed by atoms with E-state index in [1.54, 1.807) is 12.1 Å². The molecule has 0 fully saturated rings. The highest BCUT2D eigenvalue weighted by Crippen LogP contribution is 2.21. The molecule has 0 atom stereocenters. The first-order valence-electron chi connectivity index (χ1n) is 5.43. The van der Waals surface area contributed by atoms with Crippen LogP contribution in [0.25, 0.3) is 11.3 Å². The summed E-state index contributed by atoms with van der Waals surface area (Å²) in [5.41, 5.74) is 1.03. The first-order chi connectivity index (χ1) is 9.44. The topological polar surface area (TPSA) is 64.4 Å². The molecule has 2 aromatic rings. The van der Waals surface area contributed by atoms with Crippen LogP contribution < -0.4 is 5.32 Å². The molecule has 2 rings (SSSR count). The van der Waals surface area contributed by atoms with Crippen LogP contribution >= 0.6 is 0 Å². The quantitative estimate of drug-likeness (QED) is 0.938. The summed E-state index contributed by atoms with van der Waals surface area (Å²) in [5, 5.41) is 2.18. The van der Waals surface area contributed by atoms with Crippen LogP contribution in [0.1, 0.15) is 0 Å². The lowest BCUT2D eigenvalue weighted by molar-refractivity contribution is -0.159. The number of amides is 1. The number of hydrogen-bond donors (Lipinski definition) is 1. The van der Waals surface area contributed by atoms with Gasteiger partial charge in [0.05, 0.1) is 6.20 Å². The van der Waals surface area contributed by atoms with Crippen molar-refractivity contribution in [3.8, 4) is 11.3 Å². The van der Waals surface area contributed by atoms with Crippen molar-refractivity contribution in [1.82, 2.24) is 4.98 Å².